The Morgan fingerprint density at radius 1 is 0.846 bits per heavy atom. The molecule has 0 radical (unpaired) electrons. The average molecular weight is 346 g/mol. The molecule has 1 heterocycles. The Balaban J connectivity index is 1.43. The van der Waals surface area contributed by atoms with Crippen LogP contribution in [0.2, 0.25) is 0 Å². The Kier molecular flexibility index (Phi) is 4.48. The summed E-state index contributed by atoms with van der Waals surface area (Å²) in [5, 5.41) is 2.27. The highest BCUT2D eigenvalue weighted by Gasteiger charge is 2.22. The van der Waals surface area contributed by atoms with Crippen LogP contribution in [0.25, 0.3) is 10.8 Å². The summed E-state index contributed by atoms with van der Waals surface area (Å²) in [6, 6.07) is 22.2. The van der Waals surface area contributed by atoms with E-state index in [1.54, 1.807) is 7.11 Å². The quantitative estimate of drug-likeness (QED) is 0.723. The summed E-state index contributed by atoms with van der Waals surface area (Å²) in [5.41, 5.74) is 1.94. The molecule has 4 rings (SSSR count). The van der Waals surface area contributed by atoms with Crippen LogP contribution in [0, 0.1) is 0 Å². The van der Waals surface area contributed by atoms with Gasteiger partial charge in [0.1, 0.15) is 5.75 Å². The van der Waals surface area contributed by atoms with Crippen LogP contribution in [0.4, 0.5) is 5.69 Å². The van der Waals surface area contributed by atoms with Crippen LogP contribution in [-0.4, -0.2) is 44.1 Å². The zero-order chi connectivity index (χ0) is 17.9. The standard InChI is InChI=1S/C22H22N2O2/c1-26-21-10-8-20(9-11-21)23-12-14-24(15-13-23)22(25)19-7-6-17-4-2-3-5-18(17)16-19/h2-11,16H,12-15H2,1H3. The number of hydrogen-bond acceptors (Lipinski definition) is 3. The van der Waals surface area contributed by atoms with Gasteiger partial charge in [-0.3, -0.25) is 4.79 Å². The van der Waals surface area contributed by atoms with E-state index in [2.05, 4.69) is 23.1 Å². The first kappa shape index (κ1) is 16.5. The molecule has 0 unspecified atom stereocenters. The zero-order valence-electron chi connectivity index (χ0n) is 14.9. The Morgan fingerprint density at radius 2 is 1.54 bits per heavy atom. The van der Waals surface area contributed by atoms with E-state index in [0.717, 1.165) is 48.3 Å². The van der Waals surface area contributed by atoms with E-state index >= 15 is 0 Å². The zero-order valence-corrected chi connectivity index (χ0v) is 14.9. The van der Waals surface area contributed by atoms with E-state index in [4.69, 9.17) is 4.74 Å². The molecule has 0 saturated carbocycles. The lowest BCUT2D eigenvalue weighted by molar-refractivity contribution is 0.0747. The number of carbonyl (C=O) groups is 1. The van der Waals surface area contributed by atoms with Crippen molar-refractivity contribution in [2.75, 3.05) is 38.2 Å². The summed E-state index contributed by atoms with van der Waals surface area (Å²) in [6.07, 6.45) is 0. The lowest BCUT2D eigenvalue weighted by Gasteiger charge is -2.36. The summed E-state index contributed by atoms with van der Waals surface area (Å²) in [6.45, 7) is 3.15. The molecule has 0 aromatic heterocycles. The number of anilines is 1. The third-order valence-electron chi connectivity index (χ3n) is 5.00. The topological polar surface area (TPSA) is 32.8 Å². The Labute approximate surface area is 153 Å². The molecule has 1 aliphatic rings. The van der Waals surface area contributed by atoms with E-state index in [9.17, 15) is 4.79 Å². The minimum absolute atomic E-state index is 0.116. The van der Waals surface area contributed by atoms with Gasteiger partial charge in [-0.25, -0.2) is 0 Å². The summed E-state index contributed by atoms with van der Waals surface area (Å²) >= 11 is 0. The van der Waals surface area contributed by atoms with Gasteiger partial charge in [-0.2, -0.15) is 0 Å². The van der Waals surface area contributed by atoms with Crippen LogP contribution < -0.4 is 9.64 Å². The first-order valence-corrected chi connectivity index (χ1v) is 8.92. The SMILES string of the molecule is COc1ccc(N2CCN(C(=O)c3ccc4ccccc4c3)CC2)cc1. The molecule has 3 aromatic carbocycles. The first-order chi connectivity index (χ1) is 12.7. The maximum absolute atomic E-state index is 12.9. The predicted octanol–water partition coefficient (Wildman–Crippen LogP) is 3.81. The summed E-state index contributed by atoms with van der Waals surface area (Å²) in [5.74, 6) is 0.976. The van der Waals surface area contributed by atoms with Gasteiger partial charge in [0.2, 0.25) is 0 Å². The molecular formula is C22H22N2O2. The predicted molar refractivity (Wildman–Crippen MR) is 105 cm³/mol. The first-order valence-electron chi connectivity index (χ1n) is 8.92. The van der Waals surface area contributed by atoms with Gasteiger partial charge < -0.3 is 14.5 Å². The third kappa shape index (κ3) is 3.23. The van der Waals surface area contributed by atoms with Gasteiger partial charge in [-0.1, -0.05) is 30.3 Å². The molecule has 0 aliphatic carbocycles. The fourth-order valence-corrected chi connectivity index (χ4v) is 3.47. The Hall–Kier alpha value is -3.01. The molecule has 1 aliphatic heterocycles. The van der Waals surface area contributed by atoms with Gasteiger partial charge in [0.25, 0.3) is 5.91 Å². The number of amides is 1. The number of methoxy groups -OCH3 is 1. The number of piperazine rings is 1. The molecule has 0 bridgehead atoms. The van der Waals surface area contributed by atoms with E-state index in [1.165, 1.54) is 5.69 Å². The molecule has 1 saturated heterocycles. The second kappa shape index (κ2) is 7.08. The molecule has 4 nitrogen and oxygen atoms in total. The van der Waals surface area contributed by atoms with Crippen LogP contribution >= 0.6 is 0 Å². The van der Waals surface area contributed by atoms with Gasteiger partial charge in [-0.05, 0) is 47.2 Å². The fourth-order valence-electron chi connectivity index (χ4n) is 3.47. The van der Waals surface area contributed by atoms with E-state index < -0.39 is 0 Å². The van der Waals surface area contributed by atoms with Gasteiger partial charge in [0, 0.05) is 37.4 Å². The van der Waals surface area contributed by atoms with E-state index in [1.807, 2.05) is 53.4 Å². The molecule has 0 spiro atoms. The maximum Gasteiger partial charge on any atom is 0.253 e. The van der Waals surface area contributed by atoms with Crippen molar-refractivity contribution < 1.29 is 9.53 Å². The molecule has 0 atom stereocenters. The van der Waals surface area contributed by atoms with Gasteiger partial charge in [0.05, 0.1) is 7.11 Å². The Morgan fingerprint density at radius 3 is 2.23 bits per heavy atom. The molecule has 0 N–H and O–H groups in total. The third-order valence-corrected chi connectivity index (χ3v) is 5.00. The number of hydrogen-bond donors (Lipinski definition) is 0. The molecule has 26 heavy (non-hydrogen) atoms. The number of benzene rings is 3. The van der Waals surface area contributed by atoms with Gasteiger partial charge >= 0.3 is 0 Å². The number of carbonyl (C=O) groups excluding carboxylic acids is 1. The molecular weight excluding hydrogens is 324 g/mol. The van der Waals surface area contributed by atoms with Crippen LogP contribution in [0.15, 0.2) is 66.7 Å². The van der Waals surface area contributed by atoms with Crippen molar-refractivity contribution >= 4 is 22.4 Å². The molecule has 1 amide bonds. The van der Waals surface area contributed by atoms with Crippen molar-refractivity contribution in [1.82, 2.24) is 4.90 Å². The second-order valence-corrected chi connectivity index (χ2v) is 6.54. The summed E-state index contributed by atoms with van der Waals surface area (Å²) in [4.78, 5) is 17.1. The van der Waals surface area contributed by atoms with Crippen molar-refractivity contribution in [3.63, 3.8) is 0 Å². The average Bonchev–Trinajstić information content (AvgIpc) is 2.73. The van der Waals surface area contributed by atoms with Crippen molar-refractivity contribution in [2.24, 2.45) is 0 Å². The van der Waals surface area contributed by atoms with Crippen LogP contribution in [0.3, 0.4) is 0 Å². The monoisotopic (exact) mass is 346 g/mol. The van der Waals surface area contributed by atoms with Gasteiger partial charge in [0.15, 0.2) is 0 Å². The van der Waals surface area contributed by atoms with Gasteiger partial charge in [-0.15, -0.1) is 0 Å². The summed E-state index contributed by atoms with van der Waals surface area (Å²) < 4.78 is 5.21. The summed E-state index contributed by atoms with van der Waals surface area (Å²) in [7, 11) is 1.67. The van der Waals surface area contributed by atoms with E-state index in [-0.39, 0.29) is 5.91 Å². The molecule has 4 heteroatoms. The number of ether oxygens (including phenoxy) is 1. The smallest absolute Gasteiger partial charge is 0.253 e. The van der Waals surface area contributed by atoms with Crippen molar-refractivity contribution in [3.8, 4) is 5.75 Å². The normalized spacial score (nSPS) is 14.5. The number of nitrogens with zero attached hydrogens (tertiary/aromatic N) is 2. The van der Waals surface area contributed by atoms with Crippen LogP contribution in [-0.2, 0) is 0 Å². The minimum atomic E-state index is 0.116. The van der Waals surface area contributed by atoms with Crippen molar-refractivity contribution in [3.05, 3.63) is 72.3 Å². The number of rotatable bonds is 3. The molecule has 1 fully saturated rings. The maximum atomic E-state index is 12.9. The highest BCUT2D eigenvalue weighted by Crippen LogP contribution is 2.22. The molecule has 132 valence electrons. The minimum Gasteiger partial charge on any atom is -0.497 e. The lowest BCUT2D eigenvalue weighted by Crippen LogP contribution is -2.48. The second-order valence-electron chi connectivity index (χ2n) is 6.54. The Bertz CT molecular complexity index is 913. The van der Waals surface area contributed by atoms with Crippen LogP contribution in [0.5, 0.6) is 5.75 Å². The van der Waals surface area contributed by atoms with E-state index in [0.29, 0.717) is 0 Å². The highest BCUT2D eigenvalue weighted by molar-refractivity contribution is 5.98. The van der Waals surface area contributed by atoms with Crippen molar-refractivity contribution in [1.29, 1.82) is 0 Å². The fraction of sp³-hybridized carbons (Fsp3) is 0.227. The number of fused-ring (bicyclic) bond motifs is 1. The van der Waals surface area contributed by atoms with Crippen LogP contribution in [0.1, 0.15) is 10.4 Å². The molecule has 3 aromatic rings. The largest absolute Gasteiger partial charge is 0.497 e. The van der Waals surface area contributed by atoms with Crippen molar-refractivity contribution in [2.45, 2.75) is 0 Å². The highest BCUT2D eigenvalue weighted by atomic mass is 16.5. The lowest BCUT2D eigenvalue weighted by atomic mass is 10.1.